The zero-order valence-electron chi connectivity index (χ0n) is 7.23. The Labute approximate surface area is 84.6 Å². The molecule has 0 unspecified atom stereocenters. The Hall–Kier alpha value is -1.62. The van der Waals surface area contributed by atoms with E-state index in [9.17, 15) is 4.79 Å². The number of rotatable bonds is 2. The van der Waals surface area contributed by atoms with Gasteiger partial charge in [0, 0.05) is 10.9 Å². The van der Waals surface area contributed by atoms with Crippen molar-refractivity contribution in [3.63, 3.8) is 0 Å². The van der Waals surface area contributed by atoms with Gasteiger partial charge in [0.25, 0.3) is 0 Å². The van der Waals surface area contributed by atoms with E-state index in [2.05, 4.69) is 10.5 Å². The summed E-state index contributed by atoms with van der Waals surface area (Å²) in [5.41, 5.74) is 4.37. The molecular formula is C9H8N2O2S. The van der Waals surface area contributed by atoms with Gasteiger partial charge >= 0.3 is 5.97 Å². The molecule has 0 radical (unpaired) electrons. The van der Waals surface area contributed by atoms with Crippen molar-refractivity contribution in [3.05, 3.63) is 34.0 Å². The van der Waals surface area contributed by atoms with E-state index >= 15 is 0 Å². The van der Waals surface area contributed by atoms with Gasteiger partial charge in [-0.3, -0.25) is 0 Å². The molecule has 0 atom stereocenters. The summed E-state index contributed by atoms with van der Waals surface area (Å²) >= 11 is 1.52. The van der Waals surface area contributed by atoms with Crippen LogP contribution in [0.15, 0.2) is 33.6 Å². The maximum Gasteiger partial charge on any atom is 0.337 e. The lowest BCUT2D eigenvalue weighted by atomic mass is 10.0. The first-order valence-corrected chi connectivity index (χ1v) is 5.00. The van der Waals surface area contributed by atoms with E-state index in [1.165, 1.54) is 11.3 Å². The van der Waals surface area contributed by atoms with Gasteiger partial charge in [-0.25, -0.2) is 4.79 Å². The van der Waals surface area contributed by atoms with Crippen LogP contribution in [0.25, 0.3) is 0 Å². The third-order valence-corrected chi connectivity index (χ3v) is 2.55. The highest BCUT2D eigenvalue weighted by molar-refractivity contribution is 7.08. The SMILES string of the molecule is O=C(O)C1=CCNN=C1c1ccsc1. The second-order valence-electron chi connectivity index (χ2n) is 2.76. The Morgan fingerprint density at radius 2 is 2.50 bits per heavy atom. The number of nitrogens with zero attached hydrogens (tertiary/aromatic N) is 1. The normalized spacial score (nSPS) is 15.4. The molecule has 0 fully saturated rings. The monoisotopic (exact) mass is 208 g/mol. The number of aliphatic carboxylic acids is 1. The number of carboxylic acids is 1. The van der Waals surface area contributed by atoms with E-state index in [4.69, 9.17) is 5.11 Å². The number of carbonyl (C=O) groups is 1. The summed E-state index contributed by atoms with van der Waals surface area (Å²) < 4.78 is 0. The minimum Gasteiger partial charge on any atom is -0.478 e. The molecule has 0 spiro atoms. The number of carboxylic acid groups (broad SMARTS) is 1. The molecule has 4 nitrogen and oxygen atoms in total. The van der Waals surface area contributed by atoms with Crippen molar-refractivity contribution >= 4 is 23.0 Å². The fraction of sp³-hybridized carbons (Fsp3) is 0.111. The maximum atomic E-state index is 10.9. The van der Waals surface area contributed by atoms with Crippen LogP contribution in [0.3, 0.4) is 0 Å². The smallest absolute Gasteiger partial charge is 0.337 e. The molecule has 0 saturated heterocycles. The van der Waals surface area contributed by atoms with Crippen LogP contribution in [0.2, 0.25) is 0 Å². The zero-order chi connectivity index (χ0) is 9.97. The van der Waals surface area contributed by atoms with E-state index in [1.54, 1.807) is 6.08 Å². The van der Waals surface area contributed by atoms with Gasteiger partial charge in [0.2, 0.25) is 0 Å². The number of nitrogens with one attached hydrogen (secondary N) is 1. The first-order chi connectivity index (χ1) is 6.79. The summed E-state index contributed by atoms with van der Waals surface area (Å²) in [7, 11) is 0. The first-order valence-electron chi connectivity index (χ1n) is 4.06. The molecule has 5 heteroatoms. The average Bonchev–Trinajstić information content (AvgIpc) is 2.70. The topological polar surface area (TPSA) is 61.7 Å². The van der Waals surface area contributed by atoms with Crippen LogP contribution >= 0.6 is 11.3 Å². The minimum absolute atomic E-state index is 0.266. The minimum atomic E-state index is -0.934. The molecule has 2 heterocycles. The molecular weight excluding hydrogens is 200 g/mol. The lowest BCUT2D eigenvalue weighted by molar-refractivity contribution is -0.132. The van der Waals surface area contributed by atoms with E-state index in [1.807, 2.05) is 16.8 Å². The third kappa shape index (κ3) is 1.54. The van der Waals surface area contributed by atoms with E-state index in [-0.39, 0.29) is 5.57 Å². The zero-order valence-corrected chi connectivity index (χ0v) is 8.04. The predicted octanol–water partition coefficient (Wildman–Crippen LogP) is 1.07. The van der Waals surface area contributed by atoms with E-state index in [0.29, 0.717) is 12.3 Å². The molecule has 72 valence electrons. The van der Waals surface area contributed by atoms with Crippen LogP contribution in [0.1, 0.15) is 5.56 Å². The highest BCUT2D eigenvalue weighted by Gasteiger charge is 2.19. The van der Waals surface area contributed by atoms with Gasteiger partial charge in [0.15, 0.2) is 0 Å². The predicted molar refractivity (Wildman–Crippen MR) is 54.6 cm³/mol. The molecule has 1 aromatic rings. The molecule has 0 saturated carbocycles. The van der Waals surface area contributed by atoms with Crippen LogP contribution in [0.5, 0.6) is 0 Å². The van der Waals surface area contributed by atoms with Crippen molar-refractivity contribution < 1.29 is 9.90 Å². The van der Waals surface area contributed by atoms with Crippen LogP contribution in [0, 0.1) is 0 Å². The summed E-state index contributed by atoms with van der Waals surface area (Å²) in [5.74, 6) is -0.934. The van der Waals surface area contributed by atoms with Crippen molar-refractivity contribution in [1.82, 2.24) is 5.43 Å². The largest absolute Gasteiger partial charge is 0.478 e. The molecule has 0 amide bonds. The average molecular weight is 208 g/mol. The lowest BCUT2D eigenvalue weighted by Gasteiger charge is -2.11. The summed E-state index contributed by atoms with van der Waals surface area (Å²) in [6.45, 7) is 0.468. The standard InChI is InChI=1S/C9H8N2O2S/c12-9(13)7-1-3-10-11-8(7)6-2-4-14-5-6/h1-2,4-5,10H,3H2,(H,12,13). The highest BCUT2D eigenvalue weighted by Crippen LogP contribution is 2.14. The highest BCUT2D eigenvalue weighted by atomic mass is 32.1. The van der Waals surface area contributed by atoms with Crippen molar-refractivity contribution in [2.24, 2.45) is 5.10 Å². The maximum absolute atomic E-state index is 10.9. The van der Waals surface area contributed by atoms with Crippen molar-refractivity contribution in [3.8, 4) is 0 Å². The van der Waals surface area contributed by atoms with Gasteiger partial charge < -0.3 is 10.5 Å². The van der Waals surface area contributed by atoms with Crippen LogP contribution in [-0.2, 0) is 4.79 Å². The Morgan fingerprint density at radius 3 is 3.14 bits per heavy atom. The molecule has 2 N–H and O–H groups in total. The summed E-state index contributed by atoms with van der Waals surface area (Å²) in [6, 6.07) is 1.85. The van der Waals surface area contributed by atoms with E-state index < -0.39 is 5.97 Å². The molecule has 0 aliphatic carbocycles. The number of hydrogen-bond acceptors (Lipinski definition) is 4. The van der Waals surface area contributed by atoms with Crippen molar-refractivity contribution in [2.75, 3.05) is 6.54 Å². The van der Waals surface area contributed by atoms with Crippen LogP contribution in [-0.4, -0.2) is 23.3 Å². The molecule has 0 aromatic carbocycles. The molecule has 2 rings (SSSR count). The third-order valence-electron chi connectivity index (χ3n) is 1.87. The first kappa shape index (κ1) is 8.96. The molecule has 14 heavy (non-hydrogen) atoms. The molecule has 1 aliphatic rings. The van der Waals surface area contributed by atoms with Crippen molar-refractivity contribution in [1.29, 1.82) is 0 Å². The van der Waals surface area contributed by atoms with Gasteiger partial charge in [-0.1, -0.05) is 0 Å². The quantitative estimate of drug-likeness (QED) is 0.764. The summed E-state index contributed by atoms with van der Waals surface area (Å²) in [6.07, 6.45) is 1.63. The second kappa shape index (κ2) is 3.63. The fourth-order valence-electron chi connectivity index (χ4n) is 1.24. The Balaban J connectivity index is 2.39. The molecule has 1 aromatic heterocycles. The summed E-state index contributed by atoms with van der Waals surface area (Å²) in [4.78, 5) is 10.9. The van der Waals surface area contributed by atoms with Crippen LogP contribution < -0.4 is 5.43 Å². The van der Waals surface area contributed by atoms with Gasteiger partial charge in [0.1, 0.15) is 5.71 Å². The number of thiophene rings is 1. The summed E-state index contributed by atoms with van der Waals surface area (Å²) in [5, 5.41) is 16.7. The number of hydrogen-bond donors (Lipinski definition) is 2. The van der Waals surface area contributed by atoms with Gasteiger partial charge in [-0.15, -0.1) is 0 Å². The number of hydrazone groups is 1. The van der Waals surface area contributed by atoms with Crippen LogP contribution in [0.4, 0.5) is 0 Å². The second-order valence-corrected chi connectivity index (χ2v) is 3.54. The lowest BCUT2D eigenvalue weighted by Crippen LogP contribution is -2.23. The molecule has 0 bridgehead atoms. The Morgan fingerprint density at radius 1 is 1.64 bits per heavy atom. The Bertz CT molecular complexity index is 406. The van der Waals surface area contributed by atoms with E-state index in [0.717, 1.165) is 5.56 Å². The molecule has 1 aliphatic heterocycles. The van der Waals surface area contributed by atoms with Crippen molar-refractivity contribution in [2.45, 2.75) is 0 Å². The Kier molecular flexibility index (Phi) is 2.32. The van der Waals surface area contributed by atoms with Gasteiger partial charge in [-0.05, 0) is 17.5 Å². The van der Waals surface area contributed by atoms with Gasteiger partial charge in [0.05, 0.1) is 12.1 Å². The fourth-order valence-corrected chi connectivity index (χ4v) is 1.88. The van der Waals surface area contributed by atoms with Gasteiger partial charge in [-0.2, -0.15) is 16.4 Å².